The summed E-state index contributed by atoms with van der Waals surface area (Å²) >= 11 is 0. The van der Waals surface area contributed by atoms with Gasteiger partial charge in [0.2, 0.25) is 0 Å². The molecule has 572 valence electrons. The summed E-state index contributed by atoms with van der Waals surface area (Å²) in [4.78, 5) is 16.3. The molecule has 5 aliphatic heterocycles. The number of fused-ring (bicyclic) bond motifs is 1. The van der Waals surface area contributed by atoms with Crippen LogP contribution < -0.4 is 0 Å². The molecule has 0 N–H and O–H groups in total. The van der Waals surface area contributed by atoms with Crippen molar-refractivity contribution < 1.29 is 85.3 Å². The molecule has 0 radical (unpaired) electrons. The number of hydrogen-bond donors (Lipinski definition) is 0. The van der Waals surface area contributed by atoms with Crippen LogP contribution in [0.2, 0.25) is 0 Å². The van der Waals surface area contributed by atoms with E-state index in [2.05, 4.69) is 58.5 Å². The molecule has 12 rings (SSSR count). The first-order valence-corrected chi connectivity index (χ1v) is 38.1. The number of carbonyl (C=O) groups is 1. The average Bonchev–Trinajstić information content (AvgIpc) is 1.41. The van der Waals surface area contributed by atoms with E-state index in [0.29, 0.717) is 13.2 Å². The second-order valence-electron chi connectivity index (χ2n) is 30.1. The molecule has 6 aromatic rings. The number of hydrogen-bond acceptors (Lipinski definition) is 19. The minimum absolute atomic E-state index is 0.00989. The summed E-state index contributed by atoms with van der Waals surface area (Å²) in [6.07, 6.45) is -13.4. The van der Waals surface area contributed by atoms with Crippen molar-refractivity contribution in [2.24, 2.45) is 46.5 Å². The highest BCUT2D eigenvalue weighted by atomic mass is 16.8. The zero-order chi connectivity index (χ0) is 74.3. The third-order valence-corrected chi connectivity index (χ3v) is 22.4. The van der Waals surface area contributed by atoms with Crippen molar-refractivity contribution in [2.75, 3.05) is 19.8 Å². The Morgan fingerprint density at radius 2 is 0.745 bits per heavy atom. The van der Waals surface area contributed by atoms with Gasteiger partial charge in [-0.2, -0.15) is 0 Å². The molecule has 5 heterocycles. The van der Waals surface area contributed by atoms with Crippen LogP contribution >= 0.6 is 0 Å². The van der Waals surface area contributed by atoms with Gasteiger partial charge in [0.25, 0.3) is 0 Å². The van der Waals surface area contributed by atoms with E-state index in [4.69, 9.17) is 80.5 Å². The minimum Gasteiger partial charge on any atom is -0.457 e. The first-order chi connectivity index (χ1) is 51.4. The van der Waals surface area contributed by atoms with Gasteiger partial charge in [0.05, 0.1) is 89.9 Å². The number of carbonyl (C=O) groups excluding carboxylic acids is 1. The third-order valence-electron chi connectivity index (χ3n) is 22.4. The van der Waals surface area contributed by atoms with Crippen molar-refractivity contribution >= 4 is 5.97 Å². The van der Waals surface area contributed by atoms with Crippen LogP contribution in [0.1, 0.15) is 116 Å². The van der Waals surface area contributed by atoms with Crippen LogP contribution in [0.4, 0.5) is 0 Å². The van der Waals surface area contributed by atoms with Crippen molar-refractivity contribution in [3.8, 4) is 0 Å². The predicted molar refractivity (Wildman–Crippen MR) is 394 cm³/mol. The van der Waals surface area contributed by atoms with Crippen LogP contribution in [-0.2, 0) is 125 Å². The van der Waals surface area contributed by atoms with Crippen molar-refractivity contribution in [1.29, 1.82) is 0 Å². The van der Waals surface area contributed by atoms with Crippen molar-refractivity contribution in [1.82, 2.24) is 0 Å². The van der Waals surface area contributed by atoms with Gasteiger partial charge < -0.3 is 80.5 Å². The van der Waals surface area contributed by atoms with Crippen LogP contribution in [0.15, 0.2) is 187 Å². The van der Waals surface area contributed by atoms with Gasteiger partial charge in [-0.1, -0.05) is 242 Å². The Morgan fingerprint density at radius 1 is 0.387 bits per heavy atom. The highest BCUT2D eigenvalue weighted by Crippen LogP contribution is 2.47. The van der Waals surface area contributed by atoms with E-state index in [9.17, 15) is 10.3 Å². The number of azide groups is 1. The van der Waals surface area contributed by atoms with E-state index in [1.807, 2.05) is 203 Å². The maximum Gasteiger partial charge on any atom is 0.303 e. The van der Waals surface area contributed by atoms with Gasteiger partial charge in [0, 0.05) is 17.8 Å². The Labute approximate surface area is 625 Å². The Bertz CT molecular complexity index is 3650. The molecule has 1 saturated carbocycles. The first-order valence-electron chi connectivity index (χ1n) is 38.1. The molecule has 1 aliphatic carbocycles. The summed E-state index contributed by atoms with van der Waals surface area (Å²) in [6, 6.07) is 58.8. The number of ether oxygens (including phenoxy) is 17. The molecule has 21 heteroatoms. The fraction of sp³-hybridized carbons (Fsp3) is 0.565. The Hall–Kier alpha value is -6.54. The summed E-state index contributed by atoms with van der Waals surface area (Å²) in [5.41, 5.74) is 16.6. The lowest BCUT2D eigenvalue weighted by atomic mass is 9.81. The maximum atomic E-state index is 12.8. The normalized spacial score (nSPS) is 35.0. The molecule has 0 spiro atoms. The second kappa shape index (κ2) is 37.7. The minimum atomic E-state index is -1.25. The summed E-state index contributed by atoms with van der Waals surface area (Å²) in [6.45, 7) is 23.9. The highest BCUT2D eigenvalue weighted by molar-refractivity contribution is 5.66. The van der Waals surface area contributed by atoms with Gasteiger partial charge in [-0.3, -0.25) is 4.79 Å². The van der Waals surface area contributed by atoms with E-state index in [1.165, 1.54) is 6.92 Å². The molecule has 6 fully saturated rings. The van der Waals surface area contributed by atoms with Crippen LogP contribution in [0.5, 0.6) is 0 Å². The lowest BCUT2D eigenvalue weighted by molar-refractivity contribution is -0.363. The maximum absolute atomic E-state index is 12.8. The summed E-state index contributed by atoms with van der Waals surface area (Å²) in [7, 11) is 0. The van der Waals surface area contributed by atoms with Gasteiger partial charge in [-0.05, 0) is 94.7 Å². The molecule has 0 aromatic heterocycles. The van der Waals surface area contributed by atoms with Gasteiger partial charge >= 0.3 is 5.97 Å². The standard InChI is InChI=1S/C85H109N3O18/c1-12-66-52(2)56(6)74(97-59(9)89)84(98-66)103-73-57(7)54(4)67(49-90-43-60-31-19-13-20-32-60)99-82(73)96-51-68-53(3)55(5)72(92-45-62-35-23-15-24-36-62)83(100-68)102-71-58(8)70(87-88-86)81(101-69(71)50-91-44-61-33-21-14-22-34-61)104-78-76(94-47-64-39-27-17-28-40-64)75(93-46-63-37-25-16-26-38-63)77(79-80(78)106-85(10,11)105-79)95-48-65-41-29-18-30-42-65/h13-42,52-58,66-84H,12,43-51H2,1-11H3/t52-,53-,54-,55-,56-,57-,58+,66?,67?,68?,69?,70?,71-,72?,73?,74?,75?,76?,77?,78?,79-,80-,81+,82-,83+,84+/m0/s1. The molecule has 5 saturated heterocycles. The third kappa shape index (κ3) is 19.9. The van der Waals surface area contributed by atoms with E-state index in [0.717, 1.165) is 39.8 Å². The second-order valence-corrected chi connectivity index (χ2v) is 30.1. The Morgan fingerprint density at radius 3 is 1.23 bits per heavy atom. The molecule has 6 aliphatic rings. The molecule has 12 unspecified atom stereocenters. The van der Waals surface area contributed by atoms with Crippen LogP contribution in [-0.4, -0.2) is 148 Å². The summed E-state index contributed by atoms with van der Waals surface area (Å²) in [5, 5.41) is 4.56. The van der Waals surface area contributed by atoms with Gasteiger partial charge in [-0.25, -0.2) is 0 Å². The average molecular weight is 1460 g/mol. The molecule has 106 heavy (non-hydrogen) atoms. The zero-order valence-corrected chi connectivity index (χ0v) is 63.1. The zero-order valence-electron chi connectivity index (χ0n) is 63.1. The number of esters is 1. The predicted octanol–water partition coefficient (Wildman–Crippen LogP) is 14.8. The first kappa shape index (κ1) is 79.0. The summed E-state index contributed by atoms with van der Waals surface area (Å²) in [5.74, 6) is -2.80. The van der Waals surface area contributed by atoms with Crippen molar-refractivity contribution in [3.05, 3.63) is 226 Å². The van der Waals surface area contributed by atoms with Crippen LogP contribution in [0.25, 0.3) is 10.4 Å². The lowest BCUT2D eigenvalue weighted by Gasteiger charge is -2.51. The SMILES string of the molecule is CCC1O[C@H](OC2[C@@H](OCC3O[C@H](O[C@@H]4C(COCc5ccccc5)O[C@H](OC5C(OCc6ccccc6)C(OCc6ccccc6)C(OCc6ccccc6)[C@@H]6OC(C)(C)O[C@@H]56)C(N=[N+]=[N-])[C@H]4C)C(OCc4ccccc4)[C@@H](C)[C@@H]3C)OC(COCc3ccccc3)[C@@H](C)[C@@H]2C)C(OC(C)=O)[C@@H](C)[C@@H]1C. The van der Waals surface area contributed by atoms with E-state index < -0.39 is 128 Å². The van der Waals surface area contributed by atoms with Crippen LogP contribution in [0.3, 0.4) is 0 Å². The smallest absolute Gasteiger partial charge is 0.303 e. The number of nitrogens with zero attached hydrogens (tertiary/aromatic N) is 3. The highest BCUT2D eigenvalue weighted by Gasteiger charge is 2.62. The van der Waals surface area contributed by atoms with E-state index in [-0.39, 0.29) is 87.9 Å². The van der Waals surface area contributed by atoms with Crippen molar-refractivity contribution in [3.63, 3.8) is 0 Å². The van der Waals surface area contributed by atoms with Gasteiger partial charge in [0.1, 0.15) is 54.9 Å². The Kier molecular flexibility index (Phi) is 28.1. The fourth-order valence-corrected chi connectivity index (χ4v) is 15.8. The molecule has 6 aromatic carbocycles. The molecule has 26 atom stereocenters. The van der Waals surface area contributed by atoms with E-state index >= 15 is 0 Å². The number of benzene rings is 6. The van der Waals surface area contributed by atoms with Gasteiger partial charge in [0.15, 0.2) is 37.1 Å². The molecular weight excluding hydrogens is 1350 g/mol. The summed E-state index contributed by atoms with van der Waals surface area (Å²) < 4.78 is 119. The molecule has 0 amide bonds. The fourth-order valence-electron chi connectivity index (χ4n) is 15.8. The number of rotatable bonds is 32. The lowest BCUT2D eigenvalue weighted by Crippen LogP contribution is -2.67. The molecular formula is C85H109N3O18. The van der Waals surface area contributed by atoms with Gasteiger partial charge in [-0.15, -0.1) is 0 Å². The topological polar surface area (TPSA) is 223 Å². The quantitative estimate of drug-likeness (QED) is 0.0166. The Balaban J connectivity index is 0.865. The van der Waals surface area contributed by atoms with Crippen molar-refractivity contribution in [2.45, 2.75) is 245 Å². The van der Waals surface area contributed by atoms with Crippen LogP contribution in [0, 0.1) is 41.4 Å². The largest absolute Gasteiger partial charge is 0.457 e. The molecule has 21 nitrogen and oxygen atoms in total. The monoisotopic (exact) mass is 1460 g/mol. The molecule has 0 bridgehead atoms. The van der Waals surface area contributed by atoms with E-state index in [1.54, 1.807) is 0 Å².